The zero-order valence-corrected chi connectivity index (χ0v) is 13.5. The smallest absolute Gasteiger partial charge is 0.221 e. The van der Waals surface area contributed by atoms with Crippen LogP contribution in [0.4, 0.5) is 0 Å². The van der Waals surface area contributed by atoms with Crippen LogP contribution in [0, 0.1) is 11.3 Å². The average Bonchev–Trinajstić information content (AvgIpc) is 3.23. The Kier molecular flexibility index (Phi) is 5.48. The lowest BCUT2D eigenvalue weighted by molar-refractivity contribution is -0.121. The number of amides is 1. The number of rotatable bonds is 7. The monoisotopic (exact) mass is 280 g/mol. The molecule has 0 radical (unpaired) electrons. The molecule has 0 heterocycles. The summed E-state index contributed by atoms with van der Waals surface area (Å²) in [5, 5.41) is 6.62. The molecule has 3 nitrogen and oxygen atoms in total. The lowest BCUT2D eigenvalue weighted by atomic mass is 9.69. The normalized spacial score (nSPS) is 27.4. The van der Waals surface area contributed by atoms with Gasteiger partial charge in [-0.15, -0.1) is 0 Å². The van der Waals surface area contributed by atoms with Gasteiger partial charge in [-0.2, -0.15) is 0 Å². The lowest BCUT2D eigenvalue weighted by Gasteiger charge is -2.39. The van der Waals surface area contributed by atoms with Crippen molar-refractivity contribution in [3.8, 4) is 0 Å². The summed E-state index contributed by atoms with van der Waals surface area (Å²) in [7, 11) is 0. The lowest BCUT2D eigenvalue weighted by Crippen LogP contribution is -2.38. The molecule has 0 aromatic rings. The molecule has 2 rings (SSSR count). The molecule has 0 aliphatic heterocycles. The SMILES string of the molecule is CCC(C)(C)C1CCC(NCCC(=O)NC2CC2)CC1. The highest BCUT2D eigenvalue weighted by molar-refractivity contribution is 5.76. The van der Waals surface area contributed by atoms with Crippen molar-refractivity contribution in [3.63, 3.8) is 0 Å². The van der Waals surface area contributed by atoms with Gasteiger partial charge in [0.05, 0.1) is 0 Å². The molecule has 2 aliphatic carbocycles. The van der Waals surface area contributed by atoms with Crippen LogP contribution in [0.25, 0.3) is 0 Å². The maximum atomic E-state index is 11.6. The average molecular weight is 280 g/mol. The van der Waals surface area contributed by atoms with Crippen molar-refractivity contribution in [1.82, 2.24) is 10.6 Å². The highest BCUT2D eigenvalue weighted by Gasteiger charge is 2.31. The van der Waals surface area contributed by atoms with Crippen LogP contribution < -0.4 is 10.6 Å². The fourth-order valence-corrected chi connectivity index (χ4v) is 3.29. The van der Waals surface area contributed by atoms with Crippen molar-refractivity contribution >= 4 is 5.91 Å². The molecule has 116 valence electrons. The Bertz CT molecular complexity index is 315. The van der Waals surface area contributed by atoms with Crippen molar-refractivity contribution in [2.75, 3.05) is 6.54 Å². The molecule has 0 aromatic heterocycles. The Morgan fingerprint density at radius 2 is 1.65 bits per heavy atom. The van der Waals surface area contributed by atoms with Gasteiger partial charge in [0.15, 0.2) is 0 Å². The summed E-state index contributed by atoms with van der Waals surface area (Å²) in [6.07, 6.45) is 9.50. The van der Waals surface area contributed by atoms with E-state index in [0.717, 1.165) is 12.5 Å². The fourth-order valence-electron chi connectivity index (χ4n) is 3.29. The third-order valence-electron chi connectivity index (χ3n) is 5.47. The van der Waals surface area contributed by atoms with Gasteiger partial charge in [-0.25, -0.2) is 0 Å². The van der Waals surface area contributed by atoms with Gasteiger partial charge >= 0.3 is 0 Å². The van der Waals surface area contributed by atoms with Crippen molar-refractivity contribution in [2.45, 2.75) is 84.2 Å². The van der Waals surface area contributed by atoms with Crippen molar-refractivity contribution < 1.29 is 4.79 Å². The molecule has 0 unspecified atom stereocenters. The van der Waals surface area contributed by atoms with Gasteiger partial charge in [-0.3, -0.25) is 4.79 Å². The zero-order valence-electron chi connectivity index (χ0n) is 13.5. The minimum Gasteiger partial charge on any atom is -0.353 e. The van der Waals surface area contributed by atoms with Crippen LogP contribution in [0.15, 0.2) is 0 Å². The molecule has 2 fully saturated rings. The number of nitrogens with one attached hydrogen (secondary N) is 2. The van der Waals surface area contributed by atoms with E-state index in [1.54, 1.807) is 0 Å². The fraction of sp³-hybridized carbons (Fsp3) is 0.941. The first-order chi connectivity index (χ1) is 9.51. The first-order valence-corrected chi connectivity index (χ1v) is 8.54. The van der Waals surface area contributed by atoms with Crippen molar-refractivity contribution in [1.29, 1.82) is 0 Å². The molecule has 2 aliphatic rings. The molecule has 0 atom stereocenters. The van der Waals surface area contributed by atoms with E-state index >= 15 is 0 Å². The minimum atomic E-state index is 0.223. The maximum Gasteiger partial charge on any atom is 0.221 e. The highest BCUT2D eigenvalue weighted by atomic mass is 16.1. The summed E-state index contributed by atoms with van der Waals surface area (Å²) < 4.78 is 0. The van der Waals surface area contributed by atoms with Crippen molar-refractivity contribution in [3.05, 3.63) is 0 Å². The van der Waals surface area contributed by atoms with E-state index < -0.39 is 0 Å². The maximum absolute atomic E-state index is 11.6. The van der Waals surface area contributed by atoms with Gasteiger partial charge in [0, 0.05) is 25.0 Å². The topological polar surface area (TPSA) is 41.1 Å². The van der Waals surface area contributed by atoms with Crippen LogP contribution in [0.5, 0.6) is 0 Å². The molecule has 2 saturated carbocycles. The summed E-state index contributed by atoms with van der Waals surface area (Å²) in [4.78, 5) is 11.6. The second-order valence-electron chi connectivity index (χ2n) is 7.44. The molecular formula is C17H32N2O. The third-order valence-corrected chi connectivity index (χ3v) is 5.47. The quantitative estimate of drug-likeness (QED) is 0.751. The summed E-state index contributed by atoms with van der Waals surface area (Å²) >= 11 is 0. The standard InChI is InChI=1S/C17H32N2O/c1-4-17(2,3)13-5-7-14(8-6-13)18-12-11-16(20)19-15-9-10-15/h13-15,18H,4-12H2,1-3H3,(H,19,20). The van der Waals surface area contributed by atoms with Gasteiger partial charge < -0.3 is 10.6 Å². The second kappa shape index (κ2) is 6.93. The molecule has 0 aromatic carbocycles. The number of carbonyl (C=O) groups is 1. The molecule has 0 spiro atoms. The first-order valence-electron chi connectivity index (χ1n) is 8.54. The third kappa shape index (κ3) is 4.76. The van der Waals surface area contributed by atoms with E-state index in [-0.39, 0.29) is 5.91 Å². The zero-order chi connectivity index (χ0) is 14.6. The van der Waals surface area contributed by atoms with Crippen LogP contribution >= 0.6 is 0 Å². The van der Waals surface area contributed by atoms with Crippen LogP contribution in [-0.2, 0) is 4.79 Å². The van der Waals surface area contributed by atoms with Gasteiger partial charge in [0.2, 0.25) is 5.91 Å². The Balaban J connectivity index is 1.58. The first kappa shape index (κ1) is 15.8. The Hall–Kier alpha value is -0.570. The van der Waals surface area contributed by atoms with E-state index in [1.807, 2.05) is 0 Å². The van der Waals surface area contributed by atoms with Crippen LogP contribution in [0.3, 0.4) is 0 Å². The van der Waals surface area contributed by atoms with Gasteiger partial charge in [-0.05, 0) is 49.9 Å². The van der Waals surface area contributed by atoms with E-state index in [1.165, 1.54) is 44.9 Å². The number of carbonyl (C=O) groups excluding carboxylic acids is 1. The molecule has 2 N–H and O–H groups in total. The molecule has 1 amide bonds. The summed E-state index contributed by atoms with van der Waals surface area (Å²) in [6, 6.07) is 1.13. The van der Waals surface area contributed by atoms with E-state index in [0.29, 0.717) is 23.9 Å². The minimum absolute atomic E-state index is 0.223. The number of hydrogen-bond donors (Lipinski definition) is 2. The Labute approximate surface area is 124 Å². The van der Waals surface area contributed by atoms with Crippen LogP contribution in [0.1, 0.15) is 72.1 Å². The summed E-state index contributed by atoms with van der Waals surface area (Å²) in [5.74, 6) is 1.10. The summed E-state index contributed by atoms with van der Waals surface area (Å²) in [5.41, 5.74) is 0.495. The largest absolute Gasteiger partial charge is 0.353 e. The van der Waals surface area contributed by atoms with Crippen LogP contribution in [-0.4, -0.2) is 24.5 Å². The Morgan fingerprint density at radius 3 is 2.20 bits per heavy atom. The molecule has 0 bridgehead atoms. The van der Waals surface area contributed by atoms with E-state index in [2.05, 4.69) is 31.4 Å². The summed E-state index contributed by atoms with van der Waals surface area (Å²) in [6.45, 7) is 7.97. The van der Waals surface area contributed by atoms with Crippen LogP contribution in [0.2, 0.25) is 0 Å². The predicted octanol–water partition coefficient (Wildman–Crippen LogP) is 3.24. The Morgan fingerprint density at radius 1 is 1.05 bits per heavy atom. The predicted molar refractivity (Wildman–Crippen MR) is 83.6 cm³/mol. The second-order valence-corrected chi connectivity index (χ2v) is 7.44. The van der Waals surface area contributed by atoms with E-state index in [4.69, 9.17) is 0 Å². The van der Waals surface area contributed by atoms with Crippen molar-refractivity contribution in [2.24, 2.45) is 11.3 Å². The molecule has 20 heavy (non-hydrogen) atoms. The van der Waals surface area contributed by atoms with Gasteiger partial charge in [0.25, 0.3) is 0 Å². The molecule has 3 heteroatoms. The van der Waals surface area contributed by atoms with E-state index in [9.17, 15) is 4.79 Å². The highest BCUT2D eigenvalue weighted by Crippen LogP contribution is 2.40. The van der Waals surface area contributed by atoms with Gasteiger partial charge in [-0.1, -0.05) is 27.2 Å². The number of hydrogen-bond acceptors (Lipinski definition) is 2. The molecular weight excluding hydrogens is 248 g/mol. The molecule has 0 saturated heterocycles. The van der Waals surface area contributed by atoms with Gasteiger partial charge in [0.1, 0.15) is 0 Å².